The molecule has 1 atom stereocenters. The fraction of sp³-hybridized carbons (Fsp3) is 0.375. The maximum atomic E-state index is 11.6. The number of esters is 1. The first-order valence-electron chi connectivity index (χ1n) is 7.04. The van der Waals surface area contributed by atoms with Crippen LogP contribution in [0.4, 0.5) is 5.82 Å². The molecule has 0 amide bonds. The zero-order valence-electron chi connectivity index (χ0n) is 13.5. The van der Waals surface area contributed by atoms with E-state index in [2.05, 4.69) is 15.0 Å². The molecule has 7 nitrogen and oxygen atoms in total. The average Bonchev–Trinajstić information content (AvgIpc) is 2.99. The summed E-state index contributed by atoms with van der Waals surface area (Å²) < 4.78 is 15.2. The molecule has 7 heteroatoms. The van der Waals surface area contributed by atoms with Crippen molar-refractivity contribution in [2.24, 2.45) is 0 Å². The highest BCUT2D eigenvalue weighted by Crippen LogP contribution is 2.24. The third-order valence-electron chi connectivity index (χ3n) is 3.34. The molecule has 1 unspecified atom stereocenters. The second-order valence-corrected chi connectivity index (χ2v) is 5.28. The van der Waals surface area contributed by atoms with E-state index >= 15 is 0 Å². The van der Waals surface area contributed by atoms with E-state index in [4.69, 9.17) is 9.15 Å². The largest absolute Gasteiger partial charge is 0.480 e. The highest BCUT2D eigenvalue weighted by atomic mass is 16.5. The lowest BCUT2D eigenvalue weighted by atomic mass is 10.0. The summed E-state index contributed by atoms with van der Waals surface area (Å²) in [6.07, 6.45) is 0. The number of nitrogens with zero attached hydrogens (tertiary/aromatic N) is 1. The van der Waals surface area contributed by atoms with E-state index in [9.17, 15) is 9.90 Å². The van der Waals surface area contributed by atoms with Crippen LogP contribution in [0.15, 0.2) is 28.7 Å². The van der Waals surface area contributed by atoms with Gasteiger partial charge in [-0.1, -0.05) is 0 Å². The highest BCUT2D eigenvalue weighted by Gasteiger charge is 2.27. The number of carbonyl (C=O) groups is 1. The van der Waals surface area contributed by atoms with Gasteiger partial charge in [-0.15, -0.1) is 0 Å². The Balaban J connectivity index is 2.13. The van der Waals surface area contributed by atoms with Gasteiger partial charge in [-0.2, -0.15) is 4.98 Å². The first-order chi connectivity index (χ1) is 10.9. The summed E-state index contributed by atoms with van der Waals surface area (Å²) in [5, 5.41) is 13.5. The van der Waals surface area contributed by atoms with Crippen LogP contribution in [-0.2, 0) is 10.3 Å². The molecular weight excluding hydrogens is 300 g/mol. The van der Waals surface area contributed by atoms with Crippen LogP contribution in [0.5, 0.6) is 5.88 Å². The lowest BCUT2D eigenvalue weighted by Crippen LogP contribution is -2.30. The van der Waals surface area contributed by atoms with Gasteiger partial charge in [0.25, 0.3) is 0 Å². The van der Waals surface area contributed by atoms with Crippen molar-refractivity contribution in [2.45, 2.75) is 19.4 Å². The van der Waals surface area contributed by atoms with Gasteiger partial charge in [0, 0.05) is 0 Å². The minimum Gasteiger partial charge on any atom is -0.480 e. The third-order valence-corrected chi connectivity index (χ3v) is 3.34. The molecule has 0 aliphatic carbocycles. The monoisotopic (exact) mass is 320 g/mol. The molecule has 124 valence electrons. The second-order valence-electron chi connectivity index (χ2n) is 5.28. The maximum absolute atomic E-state index is 11.6. The Morgan fingerprint density at radius 1 is 1.35 bits per heavy atom. The summed E-state index contributed by atoms with van der Waals surface area (Å²) >= 11 is 0. The quantitative estimate of drug-likeness (QED) is 0.787. The van der Waals surface area contributed by atoms with Crippen molar-refractivity contribution < 1.29 is 23.8 Å². The van der Waals surface area contributed by atoms with Gasteiger partial charge in [-0.05, 0) is 38.1 Å². The minimum absolute atomic E-state index is 0.148. The predicted octanol–water partition coefficient (Wildman–Crippen LogP) is 2.10. The number of nitrogens with one attached hydrogen (secondary N) is 1. The van der Waals surface area contributed by atoms with Crippen molar-refractivity contribution in [1.29, 1.82) is 0 Å². The van der Waals surface area contributed by atoms with E-state index < -0.39 is 11.6 Å². The topological polar surface area (TPSA) is 93.8 Å². The Hall–Kier alpha value is -2.54. The molecule has 0 spiro atoms. The summed E-state index contributed by atoms with van der Waals surface area (Å²) in [5.74, 6) is 1.26. The number of hydrogen-bond donors (Lipinski definition) is 2. The van der Waals surface area contributed by atoms with Crippen LogP contribution in [0.2, 0.25) is 0 Å². The Kier molecular flexibility index (Phi) is 4.90. The highest BCUT2D eigenvalue weighted by molar-refractivity contribution is 5.92. The van der Waals surface area contributed by atoms with Crippen molar-refractivity contribution in [3.8, 4) is 5.88 Å². The van der Waals surface area contributed by atoms with Crippen molar-refractivity contribution in [3.63, 3.8) is 0 Å². The molecule has 2 aromatic rings. The summed E-state index contributed by atoms with van der Waals surface area (Å²) in [7, 11) is 2.71. The number of aryl methyl sites for hydroxylation is 1. The number of furan rings is 1. The van der Waals surface area contributed by atoms with E-state index in [1.807, 2.05) is 6.92 Å². The zero-order valence-corrected chi connectivity index (χ0v) is 13.5. The minimum atomic E-state index is -1.20. The van der Waals surface area contributed by atoms with Gasteiger partial charge >= 0.3 is 5.97 Å². The molecule has 23 heavy (non-hydrogen) atoms. The first kappa shape index (κ1) is 16.8. The van der Waals surface area contributed by atoms with E-state index in [1.165, 1.54) is 14.2 Å². The van der Waals surface area contributed by atoms with Crippen molar-refractivity contribution in [3.05, 3.63) is 41.3 Å². The van der Waals surface area contributed by atoms with Crippen molar-refractivity contribution in [1.82, 2.24) is 4.98 Å². The number of aliphatic hydroxyl groups is 1. The van der Waals surface area contributed by atoms with Crippen LogP contribution >= 0.6 is 0 Å². The van der Waals surface area contributed by atoms with Crippen LogP contribution < -0.4 is 10.1 Å². The number of carbonyl (C=O) groups excluding carboxylic acids is 1. The smallest absolute Gasteiger partial charge is 0.343 e. The van der Waals surface area contributed by atoms with Gasteiger partial charge in [-0.3, -0.25) is 0 Å². The summed E-state index contributed by atoms with van der Waals surface area (Å²) in [4.78, 5) is 15.8. The number of methoxy groups -OCH3 is 2. The summed E-state index contributed by atoms with van der Waals surface area (Å²) in [6, 6.07) is 6.67. The maximum Gasteiger partial charge on any atom is 0.343 e. The number of anilines is 1. The Bertz CT molecular complexity index is 694. The van der Waals surface area contributed by atoms with Gasteiger partial charge < -0.3 is 24.3 Å². The van der Waals surface area contributed by atoms with Gasteiger partial charge in [0.1, 0.15) is 28.5 Å². The Labute approximate surface area is 134 Å². The third kappa shape index (κ3) is 3.81. The molecule has 0 bridgehead atoms. The number of pyridine rings is 1. The number of aromatic nitrogens is 1. The molecule has 2 heterocycles. The van der Waals surface area contributed by atoms with Gasteiger partial charge in [-0.25, -0.2) is 4.79 Å². The second kappa shape index (κ2) is 6.70. The number of hydrogen-bond acceptors (Lipinski definition) is 7. The summed E-state index contributed by atoms with van der Waals surface area (Å²) in [5.41, 5.74) is -0.974. The molecule has 0 saturated heterocycles. The molecule has 0 saturated carbocycles. The molecule has 0 aliphatic heterocycles. The Morgan fingerprint density at radius 2 is 2.09 bits per heavy atom. The number of ether oxygens (including phenoxy) is 2. The number of rotatable bonds is 6. The Morgan fingerprint density at radius 3 is 2.65 bits per heavy atom. The van der Waals surface area contributed by atoms with Gasteiger partial charge in [0.15, 0.2) is 0 Å². The van der Waals surface area contributed by atoms with Crippen LogP contribution in [0.3, 0.4) is 0 Å². The average molecular weight is 320 g/mol. The van der Waals surface area contributed by atoms with Crippen LogP contribution in [0.25, 0.3) is 0 Å². The fourth-order valence-electron chi connectivity index (χ4n) is 2.03. The fourth-order valence-corrected chi connectivity index (χ4v) is 2.03. The predicted molar refractivity (Wildman–Crippen MR) is 83.6 cm³/mol. The van der Waals surface area contributed by atoms with Crippen molar-refractivity contribution in [2.75, 3.05) is 26.1 Å². The van der Waals surface area contributed by atoms with E-state index in [0.29, 0.717) is 11.6 Å². The molecule has 2 aromatic heterocycles. The zero-order chi connectivity index (χ0) is 17.0. The van der Waals surface area contributed by atoms with E-state index in [-0.39, 0.29) is 18.0 Å². The van der Waals surface area contributed by atoms with Crippen molar-refractivity contribution >= 4 is 11.8 Å². The molecule has 2 rings (SSSR count). The lowest BCUT2D eigenvalue weighted by Gasteiger charge is -2.21. The molecule has 0 aromatic carbocycles. The standard InChI is InChI=1S/C16H20N2O5/c1-10-5-7-12(23-10)16(2,20)9-17-13-8-6-11(15(19)22-4)14(18-13)21-3/h5-8,20H,9H2,1-4H3,(H,17,18). The molecule has 0 aliphatic rings. The SMILES string of the molecule is COC(=O)c1ccc(NCC(C)(O)c2ccc(C)o2)nc1OC. The first-order valence-corrected chi connectivity index (χ1v) is 7.04. The summed E-state index contributed by atoms with van der Waals surface area (Å²) in [6.45, 7) is 3.62. The molecule has 0 radical (unpaired) electrons. The normalized spacial score (nSPS) is 13.3. The van der Waals surface area contributed by atoms with Crippen LogP contribution in [0, 0.1) is 6.92 Å². The molecular formula is C16H20N2O5. The van der Waals surface area contributed by atoms with E-state index in [0.717, 1.165) is 5.76 Å². The van der Waals surface area contributed by atoms with Crippen LogP contribution in [0.1, 0.15) is 28.8 Å². The molecule has 2 N–H and O–H groups in total. The van der Waals surface area contributed by atoms with Gasteiger partial charge in [0.05, 0.1) is 20.8 Å². The lowest BCUT2D eigenvalue weighted by molar-refractivity contribution is 0.0467. The van der Waals surface area contributed by atoms with Crippen LogP contribution in [-0.4, -0.2) is 36.8 Å². The van der Waals surface area contributed by atoms with E-state index in [1.54, 1.807) is 31.2 Å². The molecule has 0 fully saturated rings. The van der Waals surface area contributed by atoms with Gasteiger partial charge in [0.2, 0.25) is 5.88 Å².